The third-order valence-electron chi connectivity index (χ3n) is 8.27. The minimum atomic E-state index is -4.39. The lowest BCUT2D eigenvalue weighted by molar-refractivity contribution is -0.870. The molecular formula is C43H77NO8P+. The second-order valence-corrected chi connectivity index (χ2v) is 16.1. The van der Waals surface area contributed by atoms with Crippen molar-refractivity contribution in [2.75, 3.05) is 47.5 Å². The highest BCUT2D eigenvalue weighted by Gasteiger charge is 2.27. The average Bonchev–Trinajstić information content (AvgIpc) is 3.10. The molecule has 0 aliphatic carbocycles. The molecule has 0 aliphatic rings. The van der Waals surface area contributed by atoms with Crippen molar-refractivity contribution in [3.8, 4) is 0 Å². The molecule has 0 heterocycles. The summed E-state index contributed by atoms with van der Waals surface area (Å²) in [6, 6.07) is 0. The van der Waals surface area contributed by atoms with E-state index in [1.165, 1.54) is 32.1 Å². The van der Waals surface area contributed by atoms with E-state index in [9.17, 15) is 19.0 Å². The molecule has 1 unspecified atom stereocenters. The topological polar surface area (TPSA) is 108 Å². The van der Waals surface area contributed by atoms with Crippen molar-refractivity contribution in [1.82, 2.24) is 0 Å². The summed E-state index contributed by atoms with van der Waals surface area (Å²) in [6.45, 7) is 4.26. The number of allylic oxidation sites excluding steroid dienone is 10. The Kier molecular flexibility index (Phi) is 33.9. The predicted molar refractivity (Wildman–Crippen MR) is 219 cm³/mol. The van der Waals surface area contributed by atoms with Gasteiger partial charge in [0.05, 0.1) is 27.7 Å². The van der Waals surface area contributed by atoms with Crippen LogP contribution in [0.1, 0.15) is 149 Å². The molecule has 10 heteroatoms. The molecule has 0 aromatic rings. The zero-order chi connectivity index (χ0) is 39.3. The first kappa shape index (κ1) is 50.7. The molecule has 306 valence electrons. The van der Waals surface area contributed by atoms with Gasteiger partial charge in [-0.15, -0.1) is 0 Å². The minimum absolute atomic E-state index is 0.0193. The number of ether oxygens (including phenoxy) is 2. The van der Waals surface area contributed by atoms with Crippen LogP contribution in [-0.2, 0) is 32.7 Å². The van der Waals surface area contributed by atoms with Crippen LogP contribution < -0.4 is 0 Å². The number of hydrogen-bond acceptors (Lipinski definition) is 7. The third kappa shape index (κ3) is 39.2. The highest BCUT2D eigenvalue weighted by atomic mass is 31.2. The van der Waals surface area contributed by atoms with Crippen molar-refractivity contribution in [2.45, 2.75) is 155 Å². The fraction of sp³-hybridized carbons (Fsp3) is 0.721. The molecule has 9 nitrogen and oxygen atoms in total. The lowest BCUT2D eigenvalue weighted by Gasteiger charge is -2.24. The maximum absolute atomic E-state index is 12.6. The van der Waals surface area contributed by atoms with Crippen molar-refractivity contribution >= 4 is 19.8 Å². The molecule has 1 N–H and O–H groups in total. The molecular weight excluding hydrogens is 689 g/mol. The smallest absolute Gasteiger partial charge is 0.462 e. The Morgan fingerprint density at radius 3 is 1.60 bits per heavy atom. The number of nitrogens with zero attached hydrogens (tertiary/aromatic N) is 1. The summed E-state index contributed by atoms with van der Waals surface area (Å²) in [5, 5.41) is 0. The van der Waals surface area contributed by atoms with Crippen molar-refractivity contribution < 1.29 is 42.1 Å². The van der Waals surface area contributed by atoms with E-state index >= 15 is 0 Å². The number of carbonyl (C=O) groups is 2. The molecule has 0 saturated carbocycles. The van der Waals surface area contributed by atoms with Crippen LogP contribution in [0.3, 0.4) is 0 Å². The lowest BCUT2D eigenvalue weighted by Crippen LogP contribution is -2.37. The Balaban J connectivity index is 4.51. The molecule has 0 fully saturated rings. The molecule has 2 atom stereocenters. The van der Waals surface area contributed by atoms with Gasteiger partial charge in [0.1, 0.15) is 19.8 Å². The number of phosphoric ester groups is 1. The Morgan fingerprint density at radius 2 is 1.04 bits per heavy atom. The van der Waals surface area contributed by atoms with Gasteiger partial charge in [0.2, 0.25) is 0 Å². The lowest BCUT2D eigenvalue weighted by atomic mass is 10.1. The highest BCUT2D eigenvalue weighted by molar-refractivity contribution is 7.47. The summed E-state index contributed by atoms with van der Waals surface area (Å²) >= 11 is 0. The van der Waals surface area contributed by atoms with Gasteiger partial charge in [-0.25, -0.2) is 4.57 Å². The standard InChI is InChI=1S/C43H76NO8P/c1-6-8-10-12-14-16-18-20-22-24-26-28-30-32-34-36-43(46)52-41(40-51-53(47,48)50-38-37-44(3,4)5)39-49-42(45)35-33-31-29-27-25-23-21-19-17-15-13-11-9-7-2/h13-16,19-22,26,28,41H,6-12,17-18,23-25,27,29-40H2,1-5H3/p+1/b15-13+,16-14+,21-19+,22-20+,28-26+/t41-/m1/s1. The van der Waals surface area contributed by atoms with Gasteiger partial charge in [0.25, 0.3) is 0 Å². The monoisotopic (exact) mass is 767 g/mol. The predicted octanol–water partition coefficient (Wildman–Crippen LogP) is 11.3. The van der Waals surface area contributed by atoms with Crippen molar-refractivity contribution in [2.24, 2.45) is 0 Å². The molecule has 0 spiro atoms. The first-order valence-electron chi connectivity index (χ1n) is 20.5. The van der Waals surface area contributed by atoms with Gasteiger partial charge < -0.3 is 18.9 Å². The van der Waals surface area contributed by atoms with E-state index in [0.29, 0.717) is 23.9 Å². The molecule has 0 aromatic carbocycles. The zero-order valence-electron chi connectivity index (χ0n) is 34.2. The fourth-order valence-corrected chi connectivity index (χ4v) is 5.72. The summed E-state index contributed by atoms with van der Waals surface area (Å²) in [5.74, 6) is -0.867. The molecule has 0 radical (unpaired) electrons. The van der Waals surface area contributed by atoms with Gasteiger partial charge in [-0.2, -0.15) is 0 Å². The Bertz CT molecular complexity index is 1090. The van der Waals surface area contributed by atoms with Gasteiger partial charge in [-0.05, 0) is 77.0 Å². The number of phosphoric acid groups is 1. The number of hydrogen-bond donors (Lipinski definition) is 1. The summed E-state index contributed by atoms with van der Waals surface area (Å²) in [6.07, 6.45) is 41.2. The molecule has 0 bridgehead atoms. The van der Waals surface area contributed by atoms with Crippen LogP contribution >= 0.6 is 7.82 Å². The van der Waals surface area contributed by atoms with Gasteiger partial charge in [0, 0.05) is 12.8 Å². The molecule has 0 aromatic heterocycles. The van der Waals surface area contributed by atoms with Crippen LogP contribution in [-0.4, -0.2) is 74.9 Å². The Labute approximate surface area is 324 Å². The Hall–Kier alpha value is -2.29. The number of likely N-dealkylation sites (N-methyl/N-ethyl adjacent to an activating group) is 1. The van der Waals surface area contributed by atoms with E-state index in [-0.39, 0.29) is 26.1 Å². The quantitative estimate of drug-likeness (QED) is 0.0221. The summed E-state index contributed by atoms with van der Waals surface area (Å²) < 4.78 is 34.2. The Morgan fingerprint density at radius 1 is 0.585 bits per heavy atom. The van der Waals surface area contributed by atoms with Gasteiger partial charge in [0.15, 0.2) is 6.10 Å². The van der Waals surface area contributed by atoms with Crippen molar-refractivity contribution in [3.63, 3.8) is 0 Å². The molecule has 53 heavy (non-hydrogen) atoms. The molecule has 0 aliphatic heterocycles. The van der Waals surface area contributed by atoms with Crippen LogP contribution in [0.4, 0.5) is 0 Å². The van der Waals surface area contributed by atoms with E-state index in [4.69, 9.17) is 18.5 Å². The van der Waals surface area contributed by atoms with Gasteiger partial charge in [-0.1, -0.05) is 120 Å². The fourth-order valence-electron chi connectivity index (χ4n) is 4.98. The van der Waals surface area contributed by atoms with Gasteiger partial charge >= 0.3 is 19.8 Å². The van der Waals surface area contributed by atoms with E-state index in [2.05, 4.69) is 74.6 Å². The minimum Gasteiger partial charge on any atom is -0.462 e. The number of esters is 2. The zero-order valence-corrected chi connectivity index (χ0v) is 35.1. The van der Waals surface area contributed by atoms with Crippen molar-refractivity contribution in [1.29, 1.82) is 0 Å². The maximum atomic E-state index is 12.6. The molecule has 0 saturated heterocycles. The van der Waals surface area contributed by atoms with Crippen LogP contribution in [0.25, 0.3) is 0 Å². The molecule has 0 rings (SSSR count). The highest BCUT2D eigenvalue weighted by Crippen LogP contribution is 2.43. The summed E-state index contributed by atoms with van der Waals surface area (Å²) in [4.78, 5) is 35.2. The normalized spacial score (nSPS) is 14.3. The van der Waals surface area contributed by atoms with Crippen LogP contribution in [0.15, 0.2) is 60.8 Å². The molecule has 0 amide bonds. The number of quaternary nitrogens is 1. The number of rotatable bonds is 36. The first-order chi connectivity index (χ1) is 25.5. The van der Waals surface area contributed by atoms with E-state index in [0.717, 1.165) is 77.0 Å². The second-order valence-electron chi connectivity index (χ2n) is 14.7. The number of carbonyl (C=O) groups excluding carboxylic acids is 2. The third-order valence-corrected chi connectivity index (χ3v) is 9.25. The van der Waals surface area contributed by atoms with Crippen LogP contribution in [0.2, 0.25) is 0 Å². The maximum Gasteiger partial charge on any atom is 0.472 e. The largest absolute Gasteiger partial charge is 0.472 e. The van der Waals surface area contributed by atoms with E-state index < -0.39 is 32.5 Å². The summed E-state index contributed by atoms with van der Waals surface area (Å²) in [7, 11) is 1.43. The van der Waals surface area contributed by atoms with Crippen molar-refractivity contribution in [3.05, 3.63) is 60.8 Å². The van der Waals surface area contributed by atoms with E-state index in [1.807, 2.05) is 21.1 Å². The average molecular weight is 767 g/mol. The SMILES string of the molecule is CCCC/C=C/C/C=C/CCCCCCCC(=O)OC[C@H](COP(=O)(O)OCC[N+](C)(C)C)OC(=O)CCCC/C=C/C/C=C/C/C=C/CCCCC. The second kappa shape index (κ2) is 35.4. The first-order valence-corrected chi connectivity index (χ1v) is 22.0. The summed E-state index contributed by atoms with van der Waals surface area (Å²) in [5.41, 5.74) is 0. The van der Waals surface area contributed by atoms with E-state index in [1.54, 1.807) is 0 Å². The number of unbranched alkanes of at least 4 members (excludes halogenated alkanes) is 12. The van der Waals surface area contributed by atoms with Crippen LogP contribution in [0, 0.1) is 0 Å². The van der Waals surface area contributed by atoms with Crippen LogP contribution in [0.5, 0.6) is 0 Å². The van der Waals surface area contributed by atoms with Gasteiger partial charge in [-0.3, -0.25) is 18.6 Å².